The summed E-state index contributed by atoms with van der Waals surface area (Å²) in [4.78, 5) is 0. The van der Waals surface area contributed by atoms with E-state index in [0.29, 0.717) is 24.3 Å². The van der Waals surface area contributed by atoms with E-state index in [1.807, 2.05) is 12.1 Å². The molecule has 0 fully saturated rings. The first kappa shape index (κ1) is 16.8. The van der Waals surface area contributed by atoms with Crippen LogP contribution in [-0.4, -0.2) is 6.61 Å². The summed E-state index contributed by atoms with van der Waals surface area (Å²) in [6, 6.07) is 13.4. The molecule has 0 unspecified atom stereocenters. The van der Waals surface area contributed by atoms with Crippen molar-refractivity contribution in [1.82, 2.24) is 0 Å². The molecule has 1 nitrogen and oxygen atoms in total. The maximum absolute atomic E-state index is 13.6. The fourth-order valence-corrected chi connectivity index (χ4v) is 2.10. The molecule has 0 bridgehead atoms. The number of hydrogen-bond acceptors (Lipinski definition) is 1. The van der Waals surface area contributed by atoms with Crippen LogP contribution in [0.15, 0.2) is 40.9 Å². The Morgan fingerprint density at radius 2 is 2.05 bits per heavy atom. The standard InChI is InChI=1S/C15H12BrFO.U/c1-2-18-14-5-3-4-11(9-14)8-12-10-13(16)6-7-15(12)17;/h3-4,6-7,9-10H,1-2,8H2;/q-2;+2. The summed E-state index contributed by atoms with van der Waals surface area (Å²) < 4.78 is 19.8. The van der Waals surface area contributed by atoms with Crippen LogP contribution in [0.4, 0.5) is 4.39 Å². The van der Waals surface area contributed by atoms with Crippen LogP contribution in [-0.2, 0) is 6.42 Å². The van der Waals surface area contributed by atoms with Crippen molar-refractivity contribution in [2.75, 3.05) is 6.61 Å². The second kappa shape index (κ2) is 8.09. The largest absolute Gasteiger partial charge is 2.00 e. The second-order valence-corrected chi connectivity index (χ2v) is 4.74. The molecule has 0 heterocycles. The van der Waals surface area contributed by atoms with E-state index >= 15 is 0 Å². The summed E-state index contributed by atoms with van der Waals surface area (Å²) in [6.45, 7) is 3.96. The van der Waals surface area contributed by atoms with Crippen LogP contribution in [0, 0.1) is 49.9 Å². The van der Waals surface area contributed by atoms with Crippen LogP contribution in [0.5, 0.6) is 5.75 Å². The van der Waals surface area contributed by atoms with Gasteiger partial charge in [0, 0.05) is 10.2 Å². The third-order valence-corrected chi connectivity index (χ3v) is 2.99. The zero-order valence-corrected chi connectivity index (χ0v) is 16.0. The number of ether oxygens (including phenoxy) is 1. The van der Waals surface area contributed by atoms with Crippen LogP contribution >= 0.6 is 15.9 Å². The molecule has 0 aliphatic carbocycles. The first-order chi connectivity index (χ1) is 8.69. The van der Waals surface area contributed by atoms with E-state index in [1.54, 1.807) is 18.2 Å². The minimum atomic E-state index is -0.203. The third-order valence-electron chi connectivity index (χ3n) is 2.50. The van der Waals surface area contributed by atoms with Gasteiger partial charge in [0.2, 0.25) is 0 Å². The van der Waals surface area contributed by atoms with Gasteiger partial charge in [-0.2, -0.15) is 12.1 Å². The first-order valence-electron chi connectivity index (χ1n) is 5.55. The van der Waals surface area contributed by atoms with Gasteiger partial charge in [-0.3, -0.25) is 0 Å². The number of hydrogen-bond donors (Lipinski definition) is 0. The van der Waals surface area contributed by atoms with E-state index in [-0.39, 0.29) is 36.9 Å². The Balaban J connectivity index is 0.00000180. The van der Waals surface area contributed by atoms with Crippen molar-refractivity contribution in [3.8, 4) is 5.75 Å². The van der Waals surface area contributed by atoms with Crippen LogP contribution in [0.3, 0.4) is 0 Å². The molecule has 96 valence electrons. The molecule has 0 spiro atoms. The van der Waals surface area contributed by atoms with E-state index in [1.165, 1.54) is 6.07 Å². The number of rotatable bonds is 4. The van der Waals surface area contributed by atoms with Gasteiger partial charge in [-0.05, 0) is 36.8 Å². The number of benzene rings is 2. The van der Waals surface area contributed by atoms with E-state index in [0.717, 1.165) is 10.0 Å². The van der Waals surface area contributed by atoms with Gasteiger partial charge < -0.3 is 11.7 Å². The summed E-state index contributed by atoms with van der Waals surface area (Å²) in [5.74, 6) is 0.434. The van der Waals surface area contributed by atoms with Crippen molar-refractivity contribution in [3.63, 3.8) is 0 Å². The van der Waals surface area contributed by atoms with Gasteiger partial charge in [0.1, 0.15) is 5.82 Å². The predicted octanol–water partition coefficient (Wildman–Crippen LogP) is 4.19. The van der Waals surface area contributed by atoms with Gasteiger partial charge in [0.15, 0.2) is 0 Å². The smallest absolute Gasteiger partial charge is 0.551 e. The van der Waals surface area contributed by atoms with Crippen molar-refractivity contribution < 1.29 is 40.2 Å². The fourth-order valence-electron chi connectivity index (χ4n) is 1.69. The van der Waals surface area contributed by atoms with Gasteiger partial charge in [-0.1, -0.05) is 15.9 Å². The van der Waals surface area contributed by atoms with E-state index in [4.69, 9.17) is 4.74 Å². The topological polar surface area (TPSA) is 9.23 Å². The summed E-state index contributed by atoms with van der Waals surface area (Å²) in [7, 11) is 0. The molecule has 0 aliphatic heterocycles. The molecule has 0 aliphatic rings. The molecule has 19 heavy (non-hydrogen) atoms. The molecular weight excluding hydrogens is 533 g/mol. The SMILES string of the molecule is [CH2-]COc1[c-]ccc(Cc2cc(Br)ccc2F)c1.[U+2]. The van der Waals surface area contributed by atoms with Gasteiger partial charge in [0.25, 0.3) is 0 Å². The summed E-state index contributed by atoms with van der Waals surface area (Å²) in [6.07, 6.45) is 0.521. The van der Waals surface area contributed by atoms with Crippen LogP contribution in [0.2, 0.25) is 0 Å². The average Bonchev–Trinajstić information content (AvgIpc) is 2.35. The molecule has 0 aromatic heterocycles. The Bertz CT molecular complexity index is 545. The van der Waals surface area contributed by atoms with Gasteiger partial charge in [-0.25, -0.2) is 4.39 Å². The van der Waals surface area contributed by atoms with Crippen molar-refractivity contribution in [2.45, 2.75) is 6.42 Å². The van der Waals surface area contributed by atoms with E-state index in [2.05, 4.69) is 28.9 Å². The number of halogens is 2. The maximum Gasteiger partial charge on any atom is 2.00 e. The fraction of sp³-hybridized carbons (Fsp3) is 0.133. The van der Waals surface area contributed by atoms with Crippen molar-refractivity contribution in [1.29, 1.82) is 0 Å². The minimum absolute atomic E-state index is 0. The molecule has 0 saturated carbocycles. The molecule has 2 aromatic rings. The Morgan fingerprint density at radius 3 is 2.79 bits per heavy atom. The first-order valence-corrected chi connectivity index (χ1v) is 6.35. The predicted molar refractivity (Wildman–Crippen MR) is 73.0 cm³/mol. The molecular formula is C15H12BrFOU. The molecule has 0 radical (unpaired) electrons. The van der Waals surface area contributed by atoms with Crippen LogP contribution in [0.1, 0.15) is 11.1 Å². The average molecular weight is 545 g/mol. The molecule has 0 atom stereocenters. The summed E-state index contributed by atoms with van der Waals surface area (Å²) >= 11 is 3.34. The maximum atomic E-state index is 13.6. The molecule has 2 rings (SSSR count). The second-order valence-electron chi connectivity index (χ2n) is 3.82. The zero-order valence-electron chi connectivity index (χ0n) is 10.2. The van der Waals surface area contributed by atoms with E-state index < -0.39 is 0 Å². The van der Waals surface area contributed by atoms with Crippen molar-refractivity contribution in [2.24, 2.45) is 0 Å². The molecule has 4 heteroatoms. The van der Waals surface area contributed by atoms with Crippen molar-refractivity contribution in [3.05, 3.63) is 70.8 Å². The monoisotopic (exact) mass is 544 g/mol. The molecule has 0 saturated heterocycles. The molecule has 2 aromatic carbocycles. The minimum Gasteiger partial charge on any atom is -0.551 e. The van der Waals surface area contributed by atoms with Gasteiger partial charge in [0.05, 0.1) is 0 Å². The van der Waals surface area contributed by atoms with E-state index in [9.17, 15) is 4.39 Å². The van der Waals surface area contributed by atoms with Crippen LogP contribution < -0.4 is 4.74 Å². The Kier molecular flexibility index (Phi) is 7.14. The molecule has 0 amide bonds. The van der Waals surface area contributed by atoms with Gasteiger partial charge >= 0.3 is 31.1 Å². The Labute approximate surface area is 145 Å². The normalized spacial score (nSPS) is 9.84. The third kappa shape index (κ3) is 4.95. The molecule has 0 N–H and O–H groups in total. The quantitative estimate of drug-likeness (QED) is 0.524. The van der Waals surface area contributed by atoms with Crippen molar-refractivity contribution >= 4 is 15.9 Å². The Hall–Kier alpha value is -0.298. The zero-order chi connectivity index (χ0) is 13.0. The Morgan fingerprint density at radius 1 is 1.26 bits per heavy atom. The summed E-state index contributed by atoms with van der Waals surface area (Å²) in [5.41, 5.74) is 1.63. The van der Waals surface area contributed by atoms with Gasteiger partial charge in [-0.15, -0.1) is 17.7 Å². The summed E-state index contributed by atoms with van der Waals surface area (Å²) in [5, 5.41) is 0. The van der Waals surface area contributed by atoms with Crippen LogP contribution in [0.25, 0.3) is 0 Å².